The van der Waals surface area contributed by atoms with E-state index in [9.17, 15) is 14.7 Å². The highest BCUT2D eigenvalue weighted by molar-refractivity contribution is 7.09. The van der Waals surface area contributed by atoms with Crippen LogP contribution in [0, 0.1) is 19.8 Å². The van der Waals surface area contributed by atoms with Crippen molar-refractivity contribution in [3.05, 3.63) is 20.2 Å². The Hall–Kier alpha value is -1.14. The number of aliphatic hydroxyl groups excluding tert-OH is 1. The maximum Gasteiger partial charge on any atom is 0.307 e. The Morgan fingerprint density at radius 1 is 1.38 bits per heavy atom. The van der Waals surface area contributed by atoms with Gasteiger partial charge in [-0.25, -0.2) is 0 Å². The zero-order valence-corrected chi connectivity index (χ0v) is 13.8. The van der Waals surface area contributed by atoms with Gasteiger partial charge >= 0.3 is 4.87 Å². The first-order chi connectivity index (χ1) is 9.93. The summed E-state index contributed by atoms with van der Waals surface area (Å²) in [5, 5.41) is 9.28. The summed E-state index contributed by atoms with van der Waals surface area (Å²) < 4.78 is 1.69. The molecule has 2 unspecified atom stereocenters. The highest BCUT2D eigenvalue weighted by atomic mass is 32.1. The summed E-state index contributed by atoms with van der Waals surface area (Å²) in [5.74, 6) is 0.272. The van der Waals surface area contributed by atoms with Crippen molar-refractivity contribution in [1.82, 2.24) is 9.47 Å². The Morgan fingerprint density at radius 2 is 2.10 bits per heavy atom. The Balaban J connectivity index is 1.99. The standard InChI is InChI=1S/C15H24N2O3S/c1-10-4-5-13(9-18)8-17(10)14(19)6-7-16-11(2)12(3)21-15(16)20/h10,13,18H,4-9H2,1-3H3. The van der Waals surface area contributed by atoms with Crippen molar-refractivity contribution in [1.29, 1.82) is 0 Å². The summed E-state index contributed by atoms with van der Waals surface area (Å²) in [6.45, 7) is 7.12. The summed E-state index contributed by atoms with van der Waals surface area (Å²) in [7, 11) is 0. The molecule has 0 bridgehead atoms. The molecule has 0 aromatic carbocycles. The molecule has 0 spiro atoms. The van der Waals surface area contributed by atoms with Gasteiger partial charge in [0.15, 0.2) is 0 Å². The molecule has 118 valence electrons. The molecule has 1 aromatic rings. The molecule has 6 heteroatoms. The number of rotatable bonds is 4. The second kappa shape index (κ2) is 6.75. The van der Waals surface area contributed by atoms with Gasteiger partial charge < -0.3 is 14.6 Å². The van der Waals surface area contributed by atoms with Gasteiger partial charge in [-0.2, -0.15) is 0 Å². The first-order valence-electron chi connectivity index (χ1n) is 7.51. The van der Waals surface area contributed by atoms with Gasteiger partial charge in [0, 0.05) is 42.7 Å². The third kappa shape index (κ3) is 3.55. The van der Waals surface area contributed by atoms with E-state index in [1.165, 1.54) is 11.3 Å². The van der Waals surface area contributed by atoms with E-state index in [1.54, 1.807) is 4.57 Å². The SMILES string of the molecule is Cc1sc(=O)n(CCC(=O)N2CC(CO)CCC2C)c1C. The Morgan fingerprint density at radius 3 is 2.67 bits per heavy atom. The van der Waals surface area contributed by atoms with Crippen molar-refractivity contribution in [2.75, 3.05) is 13.2 Å². The van der Waals surface area contributed by atoms with Crippen LogP contribution < -0.4 is 4.87 Å². The lowest BCUT2D eigenvalue weighted by Crippen LogP contribution is -2.46. The van der Waals surface area contributed by atoms with Crippen molar-refractivity contribution in [2.45, 2.75) is 52.6 Å². The third-order valence-electron chi connectivity index (χ3n) is 4.48. The normalized spacial score (nSPS) is 22.6. The average Bonchev–Trinajstić information content (AvgIpc) is 2.70. The van der Waals surface area contributed by atoms with Gasteiger partial charge in [0.2, 0.25) is 5.91 Å². The number of hydrogen-bond acceptors (Lipinski definition) is 4. The van der Waals surface area contributed by atoms with Gasteiger partial charge in [-0.1, -0.05) is 11.3 Å². The number of aromatic nitrogens is 1. The van der Waals surface area contributed by atoms with Gasteiger partial charge in [0.05, 0.1) is 0 Å². The summed E-state index contributed by atoms with van der Waals surface area (Å²) in [5.41, 5.74) is 0.956. The number of piperidine rings is 1. The van der Waals surface area contributed by atoms with Crippen LogP contribution in [0.3, 0.4) is 0 Å². The Labute approximate surface area is 129 Å². The second-order valence-electron chi connectivity index (χ2n) is 5.93. The minimum atomic E-state index is 0.0118. The van der Waals surface area contributed by atoms with E-state index in [0.29, 0.717) is 19.5 Å². The number of aliphatic hydroxyl groups is 1. The second-order valence-corrected chi connectivity index (χ2v) is 7.10. The summed E-state index contributed by atoms with van der Waals surface area (Å²) in [6.07, 6.45) is 2.26. The van der Waals surface area contributed by atoms with Crippen LogP contribution in [-0.2, 0) is 11.3 Å². The summed E-state index contributed by atoms with van der Waals surface area (Å²) in [4.78, 5) is 27.1. The van der Waals surface area contributed by atoms with Crippen molar-refractivity contribution in [2.24, 2.45) is 5.92 Å². The Kier molecular flexibility index (Phi) is 5.22. The van der Waals surface area contributed by atoms with Crippen LogP contribution in [0.15, 0.2) is 4.79 Å². The largest absolute Gasteiger partial charge is 0.396 e. The highest BCUT2D eigenvalue weighted by Crippen LogP contribution is 2.22. The van der Waals surface area contributed by atoms with E-state index >= 15 is 0 Å². The molecule has 1 amide bonds. The van der Waals surface area contributed by atoms with Crippen molar-refractivity contribution in [3.8, 4) is 0 Å². The number of thiazole rings is 1. The van der Waals surface area contributed by atoms with Crippen LogP contribution in [0.25, 0.3) is 0 Å². The van der Waals surface area contributed by atoms with Crippen LogP contribution in [0.5, 0.6) is 0 Å². The Bertz CT molecular complexity index is 564. The number of likely N-dealkylation sites (tertiary alicyclic amines) is 1. The van der Waals surface area contributed by atoms with E-state index in [1.807, 2.05) is 18.7 Å². The fourth-order valence-electron chi connectivity index (χ4n) is 2.88. The molecule has 2 atom stereocenters. The third-order valence-corrected chi connectivity index (χ3v) is 5.48. The zero-order valence-electron chi connectivity index (χ0n) is 13.0. The van der Waals surface area contributed by atoms with Crippen LogP contribution in [0.2, 0.25) is 0 Å². The average molecular weight is 312 g/mol. The van der Waals surface area contributed by atoms with Crippen LogP contribution >= 0.6 is 11.3 Å². The monoisotopic (exact) mass is 312 g/mol. The van der Waals surface area contributed by atoms with Gasteiger partial charge in [-0.05, 0) is 39.5 Å². The van der Waals surface area contributed by atoms with Crippen molar-refractivity contribution < 1.29 is 9.90 Å². The van der Waals surface area contributed by atoms with Gasteiger partial charge in [-0.3, -0.25) is 9.59 Å². The zero-order chi connectivity index (χ0) is 15.6. The van der Waals surface area contributed by atoms with Crippen LogP contribution in [0.4, 0.5) is 0 Å². The molecule has 1 fully saturated rings. The predicted molar refractivity (Wildman–Crippen MR) is 83.7 cm³/mol. The molecule has 21 heavy (non-hydrogen) atoms. The number of carbonyl (C=O) groups is 1. The molecule has 5 nitrogen and oxygen atoms in total. The number of nitrogens with zero attached hydrogens (tertiary/aromatic N) is 2. The molecule has 1 aliphatic heterocycles. The fourth-order valence-corrected chi connectivity index (χ4v) is 3.73. The summed E-state index contributed by atoms with van der Waals surface area (Å²) in [6, 6.07) is 0.224. The van der Waals surface area contributed by atoms with E-state index in [0.717, 1.165) is 23.4 Å². The minimum Gasteiger partial charge on any atom is -0.396 e. The number of aryl methyl sites for hydroxylation is 1. The van der Waals surface area contributed by atoms with Gasteiger partial charge in [-0.15, -0.1) is 0 Å². The molecule has 2 rings (SSSR count). The van der Waals surface area contributed by atoms with Crippen molar-refractivity contribution in [3.63, 3.8) is 0 Å². The van der Waals surface area contributed by atoms with Crippen LogP contribution in [-0.4, -0.2) is 39.7 Å². The lowest BCUT2D eigenvalue weighted by Gasteiger charge is -2.37. The first-order valence-corrected chi connectivity index (χ1v) is 8.32. The molecule has 1 aliphatic rings. The van der Waals surface area contributed by atoms with E-state index in [-0.39, 0.29) is 29.3 Å². The van der Waals surface area contributed by atoms with Gasteiger partial charge in [0.25, 0.3) is 0 Å². The molecule has 1 N–H and O–H groups in total. The molecule has 2 heterocycles. The fraction of sp³-hybridized carbons (Fsp3) is 0.733. The lowest BCUT2D eigenvalue weighted by atomic mass is 9.94. The maximum atomic E-state index is 12.4. The first kappa shape index (κ1) is 16.2. The van der Waals surface area contributed by atoms with Crippen molar-refractivity contribution >= 4 is 17.2 Å². The molecule has 0 aliphatic carbocycles. The highest BCUT2D eigenvalue weighted by Gasteiger charge is 2.28. The molecule has 1 aromatic heterocycles. The van der Waals surface area contributed by atoms with Crippen LogP contribution in [0.1, 0.15) is 36.8 Å². The minimum absolute atomic E-state index is 0.0118. The van der Waals surface area contributed by atoms with E-state index < -0.39 is 0 Å². The van der Waals surface area contributed by atoms with Gasteiger partial charge in [0.1, 0.15) is 0 Å². The molecular weight excluding hydrogens is 288 g/mol. The topological polar surface area (TPSA) is 62.5 Å². The number of amides is 1. The van der Waals surface area contributed by atoms with E-state index in [2.05, 4.69) is 6.92 Å². The lowest BCUT2D eigenvalue weighted by molar-refractivity contribution is -0.136. The molecule has 0 saturated carbocycles. The number of hydrogen-bond donors (Lipinski definition) is 1. The maximum absolute atomic E-state index is 12.4. The smallest absolute Gasteiger partial charge is 0.307 e. The summed E-state index contributed by atoms with van der Waals surface area (Å²) >= 11 is 1.24. The van der Waals surface area contributed by atoms with E-state index in [4.69, 9.17) is 0 Å². The quantitative estimate of drug-likeness (QED) is 0.917. The molecule has 0 radical (unpaired) electrons. The molecule has 1 saturated heterocycles. The number of carbonyl (C=O) groups excluding carboxylic acids is 1. The predicted octanol–water partition coefficient (Wildman–Crippen LogP) is 1.54. The molecular formula is C15H24N2O3S.